The molecule has 1 heterocycles. The monoisotopic (exact) mass is 235 g/mol. The summed E-state index contributed by atoms with van der Waals surface area (Å²) in [5.41, 5.74) is 0.931. The summed E-state index contributed by atoms with van der Waals surface area (Å²) in [6, 6.07) is 7.74. The quantitative estimate of drug-likeness (QED) is 0.872. The minimum absolute atomic E-state index is 0.337. The van der Waals surface area contributed by atoms with Crippen LogP contribution in [-0.2, 0) is 0 Å². The van der Waals surface area contributed by atoms with Gasteiger partial charge in [0.05, 0.1) is 6.10 Å². The fourth-order valence-corrected chi connectivity index (χ4v) is 2.12. The summed E-state index contributed by atoms with van der Waals surface area (Å²) in [7, 11) is 2.15. The molecule has 1 aliphatic heterocycles. The molecule has 0 aliphatic carbocycles. The molecule has 0 spiro atoms. The Balaban J connectivity index is 1.90. The first kappa shape index (κ1) is 12.4. The van der Waals surface area contributed by atoms with Crippen LogP contribution in [0.2, 0.25) is 0 Å². The molecule has 1 unspecified atom stereocenters. The Labute approximate surface area is 103 Å². The molecule has 1 fully saturated rings. The number of likely N-dealkylation sites (tertiary alicyclic amines) is 1. The topological polar surface area (TPSA) is 32.7 Å². The number of rotatable bonds is 3. The van der Waals surface area contributed by atoms with Crippen LogP contribution in [0, 0.1) is 0 Å². The number of hydrogen-bond donors (Lipinski definition) is 1. The van der Waals surface area contributed by atoms with E-state index >= 15 is 0 Å². The summed E-state index contributed by atoms with van der Waals surface area (Å²) >= 11 is 0. The molecule has 3 heteroatoms. The Hall–Kier alpha value is -1.06. The first-order valence-electron chi connectivity index (χ1n) is 6.28. The van der Waals surface area contributed by atoms with Crippen LogP contribution in [0.4, 0.5) is 0 Å². The lowest BCUT2D eigenvalue weighted by Gasteiger charge is -2.29. The van der Waals surface area contributed by atoms with Gasteiger partial charge in [0.1, 0.15) is 11.9 Å². The maximum Gasteiger partial charge on any atom is 0.119 e. The number of aliphatic hydroxyl groups excluding tert-OH is 1. The van der Waals surface area contributed by atoms with Crippen molar-refractivity contribution in [3.63, 3.8) is 0 Å². The zero-order chi connectivity index (χ0) is 12.3. The van der Waals surface area contributed by atoms with E-state index in [0.717, 1.165) is 37.2 Å². The lowest BCUT2D eigenvalue weighted by molar-refractivity contribution is 0.114. The summed E-state index contributed by atoms with van der Waals surface area (Å²) in [6.07, 6.45) is 2.11. The Morgan fingerprint density at radius 3 is 2.35 bits per heavy atom. The summed E-state index contributed by atoms with van der Waals surface area (Å²) in [5.74, 6) is 0.906. The summed E-state index contributed by atoms with van der Waals surface area (Å²) in [5, 5.41) is 9.42. The maximum atomic E-state index is 9.42. The molecule has 0 saturated carbocycles. The first-order chi connectivity index (χ1) is 8.15. The average molecular weight is 235 g/mol. The Kier molecular flexibility index (Phi) is 4.02. The van der Waals surface area contributed by atoms with Crippen LogP contribution < -0.4 is 4.74 Å². The maximum absolute atomic E-state index is 9.42. The highest BCUT2D eigenvalue weighted by atomic mass is 16.5. The van der Waals surface area contributed by atoms with Gasteiger partial charge in [0.2, 0.25) is 0 Å². The molecule has 1 aromatic carbocycles. The van der Waals surface area contributed by atoms with Crippen LogP contribution in [-0.4, -0.2) is 36.2 Å². The predicted molar refractivity (Wildman–Crippen MR) is 68.2 cm³/mol. The van der Waals surface area contributed by atoms with E-state index in [0.29, 0.717) is 6.10 Å². The highest BCUT2D eigenvalue weighted by Crippen LogP contribution is 2.21. The number of nitrogens with zero attached hydrogens (tertiary/aromatic N) is 1. The molecular weight excluding hydrogens is 214 g/mol. The highest BCUT2D eigenvalue weighted by molar-refractivity contribution is 5.28. The van der Waals surface area contributed by atoms with E-state index in [-0.39, 0.29) is 0 Å². The SMILES string of the molecule is CC(O)c1ccc(OC2CCN(C)CC2)cc1. The van der Waals surface area contributed by atoms with Gasteiger partial charge < -0.3 is 14.7 Å². The minimum Gasteiger partial charge on any atom is -0.490 e. The number of benzene rings is 1. The Morgan fingerprint density at radius 2 is 1.82 bits per heavy atom. The molecule has 3 nitrogen and oxygen atoms in total. The summed E-state index contributed by atoms with van der Waals surface area (Å²) in [4.78, 5) is 2.33. The molecule has 1 aliphatic rings. The van der Waals surface area contributed by atoms with Gasteiger partial charge in [0.25, 0.3) is 0 Å². The van der Waals surface area contributed by atoms with Crippen LogP contribution in [0.15, 0.2) is 24.3 Å². The molecule has 1 aromatic rings. The molecule has 0 bridgehead atoms. The van der Waals surface area contributed by atoms with E-state index in [2.05, 4.69) is 11.9 Å². The minimum atomic E-state index is -0.410. The molecule has 1 atom stereocenters. The largest absolute Gasteiger partial charge is 0.490 e. The number of ether oxygens (including phenoxy) is 1. The van der Waals surface area contributed by atoms with E-state index < -0.39 is 6.10 Å². The zero-order valence-electron chi connectivity index (χ0n) is 10.6. The average Bonchev–Trinajstić information content (AvgIpc) is 2.33. The Morgan fingerprint density at radius 1 is 1.24 bits per heavy atom. The van der Waals surface area contributed by atoms with E-state index in [1.54, 1.807) is 6.92 Å². The van der Waals surface area contributed by atoms with Gasteiger partial charge in [-0.1, -0.05) is 12.1 Å². The standard InChI is InChI=1S/C14H21NO2/c1-11(16)12-3-5-13(6-4-12)17-14-7-9-15(2)10-8-14/h3-6,11,14,16H,7-10H2,1-2H3. The third-order valence-electron chi connectivity index (χ3n) is 3.33. The fraction of sp³-hybridized carbons (Fsp3) is 0.571. The zero-order valence-corrected chi connectivity index (χ0v) is 10.6. The van der Waals surface area contributed by atoms with Gasteiger partial charge in [-0.15, -0.1) is 0 Å². The Bertz CT molecular complexity index is 340. The molecule has 1 N–H and O–H groups in total. The number of piperidine rings is 1. The van der Waals surface area contributed by atoms with Crippen LogP contribution >= 0.6 is 0 Å². The van der Waals surface area contributed by atoms with E-state index in [1.165, 1.54) is 0 Å². The molecule has 1 saturated heterocycles. The molecule has 0 aromatic heterocycles. The number of hydrogen-bond acceptors (Lipinski definition) is 3. The van der Waals surface area contributed by atoms with Crippen molar-refractivity contribution in [3.8, 4) is 5.75 Å². The van der Waals surface area contributed by atoms with Crippen LogP contribution in [0.25, 0.3) is 0 Å². The third-order valence-corrected chi connectivity index (χ3v) is 3.33. The van der Waals surface area contributed by atoms with Crippen molar-refractivity contribution >= 4 is 0 Å². The highest BCUT2D eigenvalue weighted by Gasteiger charge is 2.17. The van der Waals surface area contributed by atoms with Crippen LogP contribution in [0.3, 0.4) is 0 Å². The van der Waals surface area contributed by atoms with Crippen LogP contribution in [0.1, 0.15) is 31.4 Å². The van der Waals surface area contributed by atoms with Gasteiger partial charge in [-0.3, -0.25) is 0 Å². The van der Waals surface area contributed by atoms with Crippen molar-refractivity contribution < 1.29 is 9.84 Å². The van der Waals surface area contributed by atoms with Gasteiger partial charge >= 0.3 is 0 Å². The molecule has 94 valence electrons. The van der Waals surface area contributed by atoms with Crippen molar-refractivity contribution in [2.45, 2.75) is 32.0 Å². The summed E-state index contributed by atoms with van der Waals surface area (Å²) in [6.45, 7) is 3.99. The molecule has 17 heavy (non-hydrogen) atoms. The second-order valence-electron chi connectivity index (χ2n) is 4.87. The van der Waals surface area contributed by atoms with Gasteiger partial charge in [0.15, 0.2) is 0 Å². The molecule has 2 rings (SSSR count). The second kappa shape index (κ2) is 5.52. The van der Waals surface area contributed by atoms with Crippen molar-refractivity contribution in [1.82, 2.24) is 4.90 Å². The van der Waals surface area contributed by atoms with Crippen molar-refractivity contribution in [2.75, 3.05) is 20.1 Å². The third kappa shape index (κ3) is 3.45. The van der Waals surface area contributed by atoms with Gasteiger partial charge in [-0.25, -0.2) is 0 Å². The fourth-order valence-electron chi connectivity index (χ4n) is 2.12. The molecule has 0 radical (unpaired) electrons. The van der Waals surface area contributed by atoms with Gasteiger partial charge in [-0.05, 0) is 44.5 Å². The first-order valence-corrected chi connectivity index (χ1v) is 6.28. The summed E-state index contributed by atoms with van der Waals surface area (Å²) < 4.78 is 5.93. The number of aliphatic hydroxyl groups is 1. The van der Waals surface area contributed by atoms with E-state index in [1.807, 2.05) is 24.3 Å². The van der Waals surface area contributed by atoms with E-state index in [4.69, 9.17) is 4.74 Å². The smallest absolute Gasteiger partial charge is 0.119 e. The van der Waals surface area contributed by atoms with Crippen molar-refractivity contribution in [1.29, 1.82) is 0 Å². The van der Waals surface area contributed by atoms with E-state index in [9.17, 15) is 5.11 Å². The van der Waals surface area contributed by atoms with Crippen LogP contribution in [0.5, 0.6) is 5.75 Å². The van der Waals surface area contributed by atoms with Gasteiger partial charge in [0, 0.05) is 13.1 Å². The normalized spacial score (nSPS) is 20.2. The lowest BCUT2D eigenvalue weighted by Crippen LogP contribution is -2.35. The predicted octanol–water partition coefficient (Wildman–Crippen LogP) is 2.21. The second-order valence-corrected chi connectivity index (χ2v) is 4.87. The van der Waals surface area contributed by atoms with Crippen molar-refractivity contribution in [2.24, 2.45) is 0 Å². The van der Waals surface area contributed by atoms with Crippen molar-refractivity contribution in [3.05, 3.63) is 29.8 Å². The van der Waals surface area contributed by atoms with Gasteiger partial charge in [-0.2, -0.15) is 0 Å². The molecule has 0 amide bonds. The molecular formula is C14H21NO2. The lowest BCUT2D eigenvalue weighted by atomic mass is 10.1.